The number of carboxylic acids is 1. The van der Waals surface area contributed by atoms with E-state index in [1.165, 1.54) is 12.8 Å². The van der Waals surface area contributed by atoms with Crippen LogP contribution in [0.4, 0.5) is 0 Å². The van der Waals surface area contributed by atoms with E-state index in [2.05, 4.69) is 0 Å². The van der Waals surface area contributed by atoms with Gasteiger partial charge in [0.05, 0.1) is 12.1 Å². The summed E-state index contributed by atoms with van der Waals surface area (Å²) in [7, 11) is 1.55. The van der Waals surface area contributed by atoms with Crippen molar-refractivity contribution in [1.82, 2.24) is 4.90 Å². The number of ether oxygens (including phenoxy) is 1. The molecule has 0 bridgehead atoms. The Morgan fingerprint density at radius 3 is 2.45 bits per heavy atom. The second-order valence-electron chi connectivity index (χ2n) is 5.08. The Balaban J connectivity index is 2.27. The molecule has 1 N–H and O–H groups in total. The number of methoxy groups -OCH3 is 1. The van der Waals surface area contributed by atoms with Gasteiger partial charge in [0.25, 0.3) is 0 Å². The quantitative estimate of drug-likeness (QED) is 0.926. The molecule has 2 rings (SSSR count). The molecule has 20 heavy (non-hydrogen) atoms. The van der Waals surface area contributed by atoms with E-state index >= 15 is 0 Å². The Bertz CT molecular complexity index is 470. The molecule has 1 aromatic carbocycles. The Hall–Kier alpha value is -1.26. The molecule has 0 spiro atoms. The summed E-state index contributed by atoms with van der Waals surface area (Å²) in [6.45, 7) is 1.64. The molecular formula is C15H20ClNO3. The lowest BCUT2D eigenvalue weighted by atomic mass is 10.0. The van der Waals surface area contributed by atoms with Gasteiger partial charge in [0.15, 0.2) is 0 Å². The Kier molecular flexibility index (Phi) is 5.26. The lowest BCUT2D eigenvalue weighted by Crippen LogP contribution is -2.34. The lowest BCUT2D eigenvalue weighted by Gasteiger charge is -2.27. The van der Waals surface area contributed by atoms with Gasteiger partial charge in [-0.2, -0.15) is 0 Å². The predicted octanol–water partition coefficient (Wildman–Crippen LogP) is 3.35. The Labute approximate surface area is 124 Å². The molecule has 1 aliphatic rings. The van der Waals surface area contributed by atoms with Crippen LogP contribution < -0.4 is 4.74 Å². The lowest BCUT2D eigenvalue weighted by molar-refractivity contribution is -0.143. The zero-order valence-corrected chi connectivity index (χ0v) is 12.4. The van der Waals surface area contributed by atoms with Gasteiger partial charge in [-0.3, -0.25) is 9.69 Å². The summed E-state index contributed by atoms with van der Waals surface area (Å²) >= 11 is 6.11. The molecular weight excluding hydrogens is 278 g/mol. The molecule has 1 fully saturated rings. The van der Waals surface area contributed by atoms with E-state index in [0.717, 1.165) is 25.9 Å². The number of aliphatic carboxylic acids is 1. The van der Waals surface area contributed by atoms with Crippen LogP contribution in [-0.4, -0.2) is 36.2 Å². The Morgan fingerprint density at radius 1 is 1.30 bits per heavy atom. The molecule has 110 valence electrons. The number of likely N-dealkylation sites (tertiary alicyclic amines) is 1. The molecule has 1 heterocycles. The molecule has 1 aromatic rings. The highest BCUT2D eigenvalue weighted by Gasteiger charge is 2.28. The number of hydrogen-bond acceptors (Lipinski definition) is 3. The second-order valence-corrected chi connectivity index (χ2v) is 5.49. The van der Waals surface area contributed by atoms with E-state index in [1.54, 1.807) is 25.3 Å². The van der Waals surface area contributed by atoms with Gasteiger partial charge in [-0.25, -0.2) is 0 Å². The average Bonchev–Trinajstić information content (AvgIpc) is 2.68. The predicted molar refractivity (Wildman–Crippen MR) is 78.4 cm³/mol. The van der Waals surface area contributed by atoms with E-state index < -0.39 is 12.0 Å². The number of rotatable bonds is 4. The van der Waals surface area contributed by atoms with Gasteiger partial charge in [0.2, 0.25) is 0 Å². The maximum Gasteiger partial charge on any atom is 0.325 e. The van der Waals surface area contributed by atoms with Crippen molar-refractivity contribution in [1.29, 1.82) is 0 Å². The van der Waals surface area contributed by atoms with Crippen LogP contribution in [0.5, 0.6) is 5.75 Å². The zero-order valence-electron chi connectivity index (χ0n) is 11.6. The fourth-order valence-corrected chi connectivity index (χ4v) is 2.98. The van der Waals surface area contributed by atoms with Crippen molar-refractivity contribution < 1.29 is 14.6 Å². The maximum atomic E-state index is 11.7. The molecule has 0 amide bonds. The second kappa shape index (κ2) is 6.95. The third-order valence-electron chi connectivity index (χ3n) is 3.73. The van der Waals surface area contributed by atoms with Gasteiger partial charge in [0, 0.05) is 0 Å². The maximum absolute atomic E-state index is 11.7. The summed E-state index contributed by atoms with van der Waals surface area (Å²) in [4.78, 5) is 13.7. The third kappa shape index (κ3) is 3.44. The van der Waals surface area contributed by atoms with Crippen molar-refractivity contribution in [2.45, 2.75) is 31.7 Å². The van der Waals surface area contributed by atoms with Gasteiger partial charge in [-0.05, 0) is 43.6 Å². The molecule has 1 unspecified atom stereocenters. The summed E-state index contributed by atoms with van der Waals surface area (Å²) in [6.07, 6.45) is 4.44. The molecule has 0 radical (unpaired) electrons. The van der Waals surface area contributed by atoms with E-state index in [1.807, 2.05) is 4.90 Å². The zero-order chi connectivity index (χ0) is 14.5. The minimum absolute atomic E-state index is 0.450. The van der Waals surface area contributed by atoms with Crippen LogP contribution in [-0.2, 0) is 4.79 Å². The number of halogens is 1. The number of benzene rings is 1. The van der Waals surface area contributed by atoms with Crippen LogP contribution in [0.3, 0.4) is 0 Å². The summed E-state index contributed by atoms with van der Waals surface area (Å²) in [5, 5.41) is 10.0. The van der Waals surface area contributed by atoms with Gasteiger partial charge in [-0.15, -0.1) is 0 Å². The van der Waals surface area contributed by atoms with E-state index in [9.17, 15) is 9.90 Å². The first-order valence-electron chi connectivity index (χ1n) is 6.94. The highest BCUT2D eigenvalue weighted by Crippen LogP contribution is 2.31. The van der Waals surface area contributed by atoms with Crippen LogP contribution in [0.15, 0.2) is 18.2 Å². The molecule has 5 heteroatoms. The molecule has 1 atom stereocenters. The minimum atomic E-state index is -0.826. The number of nitrogens with zero attached hydrogens (tertiary/aromatic N) is 1. The largest absolute Gasteiger partial charge is 0.495 e. The highest BCUT2D eigenvalue weighted by molar-refractivity contribution is 6.32. The molecule has 1 saturated heterocycles. The van der Waals surface area contributed by atoms with Crippen molar-refractivity contribution in [2.24, 2.45) is 0 Å². The molecule has 0 saturated carbocycles. The van der Waals surface area contributed by atoms with E-state index in [0.29, 0.717) is 16.3 Å². The first-order valence-corrected chi connectivity index (χ1v) is 7.31. The van der Waals surface area contributed by atoms with Gasteiger partial charge in [-0.1, -0.05) is 30.5 Å². The monoisotopic (exact) mass is 297 g/mol. The minimum Gasteiger partial charge on any atom is -0.495 e. The van der Waals surface area contributed by atoms with Crippen molar-refractivity contribution in [3.05, 3.63) is 28.8 Å². The van der Waals surface area contributed by atoms with Crippen molar-refractivity contribution >= 4 is 17.6 Å². The molecule has 0 aromatic heterocycles. The van der Waals surface area contributed by atoms with Crippen molar-refractivity contribution in [3.63, 3.8) is 0 Å². The fourth-order valence-electron chi connectivity index (χ4n) is 2.72. The molecule has 1 aliphatic heterocycles. The fraction of sp³-hybridized carbons (Fsp3) is 0.533. The normalized spacial score (nSPS) is 18.3. The SMILES string of the molecule is COc1ccc(C(C(=O)O)N2CCCCCC2)cc1Cl. The highest BCUT2D eigenvalue weighted by atomic mass is 35.5. The molecule has 4 nitrogen and oxygen atoms in total. The average molecular weight is 298 g/mol. The molecule has 0 aliphatic carbocycles. The standard InChI is InChI=1S/C15H20ClNO3/c1-20-13-7-6-11(10-12(13)16)14(15(18)19)17-8-4-2-3-5-9-17/h6-7,10,14H,2-5,8-9H2,1H3,(H,18,19). The van der Waals surface area contributed by atoms with Crippen LogP contribution in [0.2, 0.25) is 5.02 Å². The van der Waals surface area contributed by atoms with Crippen molar-refractivity contribution in [2.75, 3.05) is 20.2 Å². The van der Waals surface area contributed by atoms with Crippen molar-refractivity contribution in [3.8, 4) is 5.75 Å². The topological polar surface area (TPSA) is 49.8 Å². The van der Waals surface area contributed by atoms with Crippen LogP contribution >= 0.6 is 11.6 Å². The van der Waals surface area contributed by atoms with Gasteiger partial charge in [0.1, 0.15) is 11.8 Å². The summed E-state index contributed by atoms with van der Waals surface area (Å²) in [5.41, 5.74) is 0.713. The smallest absolute Gasteiger partial charge is 0.325 e. The van der Waals surface area contributed by atoms with E-state index in [-0.39, 0.29) is 0 Å². The first-order chi connectivity index (χ1) is 9.63. The van der Waals surface area contributed by atoms with Gasteiger partial charge < -0.3 is 9.84 Å². The summed E-state index contributed by atoms with van der Waals surface area (Å²) < 4.78 is 5.11. The van der Waals surface area contributed by atoms with E-state index in [4.69, 9.17) is 16.3 Å². The van der Waals surface area contributed by atoms with Gasteiger partial charge >= 0.3 is 5.97 Å². The Morgan fingerprint density at radius 2 is 1.95 bits per heavy atom. The van der Waals surface area contributed by atoms with Crippen LogP contribution in [0.1, 0.15) is 37.3 Å². The third-order valence-corrected chi connectivity index (χ3v) is 4.03. The van der Waals surface area contributed by atoms with Crippen LogP contribution in [0.25, 0.3) is 0 Å². The first kappa shape index (κ1) is 15.1. The number of hydrogen-bond donors (Lipinski definition) is 1. The summed E-state index contributed by atoms with van der Waals surface area (Å²) in [6, 6.07) is 4.58. The number of carboxylic acid groups (broad SMARTS) is 1. The van der Waals surface area contributed by atoms with Crippen LogP contribution in [0, 0.1) is 0 Å². The number of carbonyl (C=O) groups is 1. The summed E-state index contributed by atoms with van der Waals surface area (Å²) in [5.74, 6) is -0.261.